The van der Waals surface area contributed by atoms with Gasteiger partial charge in [0.1, 0.15) is 0 Å². The van der Waals surface area contributed by atoms with Crippen LogP contribution in [0.4, 0.5) is 0 Å². The van der Waals surface area contributed by atoms with Gasteiger partial charge in [-0.25, -0.2) is 0 Å². The number of aliphatic hydroxyl groups is 1. The molecule has 0 saturated carbocycles. The van der Waals surface area contributed by atoms with Crippen molar-refractivity contribution in [1.29, 1.82) is 0 Å². The van der Waals surface area contributed by atoms with Crippen LogP contribution in [0.25, 0.3) is 6.08 Å². The maximum Gasteiger partial charge on any atom is 0.0647 e. The molecule has 1 heterocycles. The molecule has 1 aromatic heterocycles. The fourth-order valence-corrected chi connectivity index (χ4v) is 1.17. The summed E-state index contributed by atoms with van der Waals surface area (Å²) < 4.78 is 0. The van der Waals surface area contributed by atoms with Crippen molar-refractivity contribution in [3.8, 4) is 0 Å². The largest absolute Gasteiger partial charge is 0.392 e. The molecule has 2 nitrogen and oxygen atoms in total. The highest BCUT2D eigenvalue weighted by Gasteiger charge is 2.01. The van der Waals surface area contributed by atoms with E-state index >= 15 is 0 Å². The van der Waals surface area contributed by atoms with Crippen molar-refractivity contribution in [3.63, 3.8) is 0 Å². The third kappa shape index (κ3) is 2.96. The smallest absolute Gasteiger partial charge is 0.0647 e. The zero-order valence-electron chi connectivity index (χ0n) is 8.99. The van der Waals surface area contributed by atoms with Gasteiger partial charge in [-0.1, -0.05) is 26.0 Å². The lowest BCUT2D eigenvalue weighted by Crippen LogP contribution is -1.98. The van der Waals surface area contributed by atoms with Crippen LogP contribution >= 0.6 is 0 Å². The van der Waals surface area contributed by atoms with Crippen molar-refractivity contribution in [2.45, 2.75) is 20.8 Å². The molecule has 0 spiro atoms. The predicted octanol–water partition coefficient (Wildman–Crippen LogP) is 2.42. The van der Waals surface area contributed by atoms with E-state index < -0.39 is 0 Å². The predicted molar refractivity (Wildman–Crippen MR) is 58.9 cm³/mol. The minimum absolute atomic E-state index is 0.117. The van der Waals surface area contributed by atoms with E-state index in [0.29, 0.717) is 5.92 Å². The highest BCUT2D eigenvalue weighted by Crippen LogP contribution is 2.13. The van der Waals surface area contributed by atoms with E-state index in [-0.39, 0.29) is 6.61 Å². The molecule has 0 bridgehead atoms. The fourth-order valence-electron chi connectivity index (χ4n) is 1.17. The van der Waals surface area contributed by atoms with Gasteiger partial charge in [-0.2, -0.15) is 0 Å². The van der Waals surface area contributed by atoms with E-state index in [4.69, 9.17) is 5.11 Å². The first-order valence-electron chi connectivity index (χ1n) is 4.87. The van der Waals surface area contributed by atoms with Crippen LogP contribution in [-0.4, -0.2) is 16.7 Å². The van der Waals surface area contributed by atoms with Crippen LogP contribution in [0.15, 0.2) is 23.9 Å². The molecule has 0 unspecified atom stereocenters. The molecule has 0 fully saturated rings. The summed E-state index contributed by atoms with van der Waals surface area (Å²) in [4.78, 5) is 4.20. The first-order chi connectivity index (χ1) is 6.63. The molecule has 1 aromatic rings. The normalized spacial score (nSPS) is 12.2. The third-order valence-corrected chi connectivity index (χ3v) is 2.21. The maximum absolute atomic E-state index is 9.12. The van der Waals surface area contributed by atoms with E-state index in [1.165, 1.54) is 0 Å². The lowest BCUT2D eigenvalue weighted by molar-refractivity contribution is 0.320. The van der Waals surface area contributed by atoms with Gasteiger partial charge in [0.15, 0.2) is 0 Å². The monoisotopic (exact) mass is 191 g/mol. The first-order valence-corrected chi connectivity index (χ1v) is 4.87. The van der Waals surface area contributed by atoms with Gasteiger partial charge in [-0.15, -0.1) is 0 Å². The van der Waals surface area contributed by atoms with Crippen LogP contribution < -0.4 is 0 Å². The van der Waals surface area contributed by atoms with Gasteiger partial charge >= 0.3 is 0 Å². The second-order valence-corrected chi connectivity index (χ2v) is 3.76. The summed E-state index contributed by atoms with van der Waals surface area (Å²) in [5.74, 6) is 0.376. The van der Waals surface area contributed by atoms with Crippen LogP contribution in [-0.2, 0) is 0 Å². The highest BCUT2D eigenvalue weighted by atomic mass is 16.3. The van der Waals surface area contributed by atoms with Gasteiger partial charge in [0, 0.05) is 11.9 Å². The van der Waals surface area contributed by atoms with E-state index in [0.717, 1.165) is 16.8 Å². The molecule has 1 rings (SSSR count). The van der Waals surface area contributed by atoms with Gasteiger partial charge in [0.25, 0.3) is 0 Å². The second-order valence-electron chi connectivity index (χ2n) is 3.76. The molecule has 0 saturated heterocycles. The topological polar surface area (TPSA) is 33.1 Å². The molecule has 0 aliphatic rings. The Labute approximate surface area is 85.3 Å². The molecule has 14 heavy (non-hydrogen) atoms. The highest BCUT2D eigenvalue weighted by molar-refractivity contribution is 5.52. The molecule has 0 atom stereocenters. The Morgan fingerprint density at radius 2 is 2.21 bits per heavy atom. The minimum Gasteiger partial charge on any atom is -0.392 e. The summed E-state index contributed by atoms with van der Waals surface area (Å²) in [6.45, 7) is 6.22. The molecule has 2 heteroatoms. The van der Waals surface area contributed by atoms with Crippen molar-refractivity contribution in [2.24, 2.45) is 5.92 Å². The number of aryl methyl sites for hydroxylation is 1. The van der Waals surface area contributed by atoms with Crippen LogP contribution in [0, 0.1) is 12.8 Å². The summed E-state index contributed by atoms with van der Waals surface area (Å²) in [6, 6.07) is 3.99. The standard InChI is InChI=1S/C12H17NO/c1-9(2)12(8-14)6-11-5-4-10(3)13-7-11/h4-7,9,14H,8H2,1-3H3/b12-6+. The number of hydrogen-bond donors (Lipinski definition) is 1. The number of rotatable bonds is 3. The zero-order valence-corrected chi connectivity index (χ0v) is 8.99. The molecular formula is C12H17NO. The fraction of sp³-hybridized carbons (Fsp3) is 0.417. The lowest BCUT2D eigenvalue weighted by Gasteiger charge is -2.07. The van der Waals surface area contributed by atoms with Crippen molar-refractivity contribution in [3.05, 3.63) is 35.2 Å². The third-order valence-electron chi connectivity index (χ3n) is 2.21. The molecule has 0 amide bonds. The van der Waals surface area contributed by atoms with Gasteiger partial charge < -0.3 is 5.11 Å². The Morgan fingerprint density at radius 1 is 1.50 bits per heavy atom. The van der Waals surface area contributed by atoms with Crippen molar-refractivity contribution < 1.29 is 5.11 Å². The van der Waals surface area contributed by atoms with Gasteiger partial charge in [-0.3, -0.25) is 4.98 Å². The number of nitrogens with zero attached hydrogens (tertiary/aromatic N) is 1. The van der Waals surface area contributed by atoms with Crippen LogP contribution in [0.5, 0.6) is 0 Å². The zero-order chi connectivity index (χ0) is 10.6. The minimum atomic E-state index is 0.117. The van der Waals surface area contributed by atoms with Crippen LogP contribution in [0.2, 0.25) is 0 Å². The molecule has 76 valence electrons. The number of aliphatic hydroxyl groups excluding tert-OH is 1. The number of hydrogen-bond acceptors (Lipinski definition) is 2. The molecule has 1 N–H and O–H groups in total. The SMILES string of the molecule is Cc1ccc(/C=C(\CO)C(C)C)cn1. The number of aromatic nitrogens is 1. The quantitative estimate of drug-likeness (QED) is 0.796. The summed E-state index contributed by atoms with van der Waals surface area (Å²) in [7, 11) is 0. The molecule has 0 radical (unpaired) electrons. The average Bonchev–Trinajstić information content (AvgIpc) is 2.16. The van der Waals surface area contributed by atoms with Gasteiger partial charge in [0.05, 0.1) is 6.61 Å². The first kappa shape index (κ1) is 10.9. The van der Waals surface area contributed by atoms with Crippen LogP contribution in [0.1, 0.15) is 25.1 Å². The maximum atomic E-state index is 9.12. The Kier molecular flexibility index (Phi) is 3.84. The summed E-state index contributed by atoms with van der Waals surface area (Å²) >= 11 is 0. The van der Waals surface area contributed by atoms with Gasteiger partial charge in [0.2, 0.25) is 0 Å². The van der Waals surface area contributed by atoms with Gasteiger partial charge in [-0.05, 0) is 30.0 Å². The van der Waals surface area contributed by atoms with Crippen molar-refractivity contribution in [2.75, 3.05) is 6.61 Å². The van der Waals surface area contributed by atoms with Crippen molar-refractivity contribution in [1.82, 2.24) is 4.98 Å². The van der Waals surface area contributed by atoms with E-state index in [1.807, 2.05) is 31.3 Å². The van der Waals surface area contributed by atoms with E-state index in [1.54, 1.807) is 0 Å². The summed E-state index contributed by atoms with van der Waals surface area (Å²) in [6.07, 6.45) is 3.82. The molecular weight excluding hydrogens is 174 g/mol. The Hall–Kier alpha value is -1.15. The van der Waals surface area contributed by atoms with Crippen molar-refractivity contribution >= 4 is 6.08 Å². The Bertz CT molecular complexity index is 312. The van der Waals surface area contributed by atoms with E-state index in [2.05, 4.69) is 18.8 Å². The van der Waals surface area contributed by atoms with Crippen LogP contribution in [0.3, 0.4) is 0 Å². The summed E-state index contributed by atoms with van der Waals surface area (Å²) in [5.41, 5.74) is 3.10. The Balaban J connectivity index is 2.89. The average molecular weight is 191 g/mol. The molecule has 0 aliphatic heterocycles. The Morgan fingerprint density at radius 3 is 2.64 bits per heavy atom. The summed E-state index contributed by atoms with van der Waals surface area (Å²) in [5, 5.41) is 9.12. The molecule has 0 aromatic carbocycles. The number of pyridine rings is 1. The lowest BCUT2D eigenvalue weighted by atomic mass is 10.0. The second kappa shape index (κ2) is 4.91. The van der Waals surface area contributed by atoms with E-state index in [9.17, 15) is 0 Å². The molecule has 0 aliphatic carbocycles.